The largest absolute Gasteiger partial charge is 0.383 e. The van der Waals surface area contributed by atoms with E-state index in [1.165, 1.54) is 17.0 Å². The normalized spacial score (nSPS) is 20.2. The first-order valence-corrected chi connectivity index (χ1v) is 10.4. The summed E-state index contributed by atoms with van der Waals surface area (Å²) in [5, 5.41) is 3.37. The molecule has 0 bridgehead atoms. The van der Waals surface area contributed by atoms with Crippen LogP contribution >= 0.6 is 28.1 Å². The molecule has 0 aliphatic carbocycles. The van der Waals surface area contributed by atoms with Crippen molar-refractivity contribution in [1.82, 2.24) is 15.2 Å². The molecular weight excluding hydrogens is 442 g/mol. The van der Waals surface area contributed by atoms with Crippen LogP contribution in [0.2, 0.25) is 0 Å². The summed E-state index contributed by atoms with van der Waals surface area (Å²) in [5.41, 5.74) is -0.0815. The minimum Gasteiger partial charge on any atom is -0.383 e. The summed E-state index contributed by atoms with van der Waals surface area (Å²) in [6, 6.07) is 7.99. The van der Waals surface area contributed by atoms with E-state index < -0.39 is 15.7 Å². The lowest BCUT2D eigenvalue weighted by Gasteiger charge is -2.28. The Morgan fingerprint density at radius 1 is 1.23 bits per heavy atom. The van der Waals surface area contributed by atoms with Crippen molar-refractivity contribution in [2.45, 2.75) is 5.54 Å². The molecule has 1 aromatic heterocycles. The van der Waals surface area contributed by atoms with Crippen LogP contribution in [0.3, 0.4) is 0 Å². The number of pyridine rings is 1. The maximum atomic E-state index is 13.1. The quantitative estimate of drug-likeness (QED) is 0.554. The summed E-state index contributed by atoms with van der Waals surface area (Å²) in [6.45, 7) is 0. The van der Waals surface area contributed by atoms with E-state index in [1.807, 2.05) is 0 Å². The lowest BCUT2D eigenvalue weighted by atomic mass is 9.83. The number of benzene rings is 1. The van der Waals surface area contributed by atoms with Crippen molar-refractivity contribution in [3.63, 3.8) is 0 Å². The molecule has 1 N–H and O–H groups in total. The molecule has 136 valence electrons. The highest BCUT2D eigenvalue weighted by Gasteiger charge is 2.51. The number of nitrogens with zero attached hydrogens (tertiary/aromatic N) is 2. The van der Waals surface area contributed by atoms with Crippen molar-refractivity contribution >= 4 is 49.3 Å². The molecule has 2 heterocycles. The number of rotatable bonds is 4. The molecule has 0 saturated carbocycles. The number of hydrogen-bond acceptors (Lipinski definition) is 6. The molecule has 1 aliphatic heterocycles. The molecule has 1 unspecified atom stereocenters. The number of hydrogen-bond donors (Lipinski definition) is 1. The molecule has 1 atom stereocenters. The second kappa shape index (κ2) is 6.60. The van der Waals surface area contributed by atoms with E-state index in [0.29, 0.717) is 15.6 Å². The van der Waals surface area contributed by atoms with Crippen LogP contribution in [0, 0.1) is 0 Å². The molecule has 1 amide bonds. The topological polar surface area (TPSA) is 88.6 Å². The summed E-state index contributed by atoms with van der Waals surface area (Å²) in [7, 11) is -2.05. The molecule has 0 radical (unpaired) electrons. The van der Waals surface area contributed by atoms with Gasteiger partial charge >= 0.3 is 10.1 Å². The molecule has 1 fully saturated rings. The average molecular weight is 456 g/mol. The fourth-order valence-electron chi connectivity index (χ4n) is 2.75. The molecule has 1 aromatic carbocycles. The minimum absolute atomic E-state index is 0.153. The van der Waals surface area contributed by atoms with Crippen LogP contribution < -0.4 is 9.50 Å². The van der Waals surface area contributed by atoms with Crippen LogP contribution in [-0.2, 0) is 20.5 Å². The number of carbonyl (C=O) groups is 1. The van der Waals surface area contributed by atoms with Gasteiger partial charge in [0.25, 0.3) is 5.91 Å². The van der Waals surface area contributed by atoms with E-state index in [-0.39, 0.29) is 16.8 Å². The molecule has 1 aliphatic rings. The molecule has 3 rings (SSSR count). The number of likely N-dealkylation sites (N-methyl/N-ethyl adjacent to an activating group) is 1. The predicted molar refractivity (Wildman–Crippen MR) is 103 cm³/mol. The van der Waals surface area contributed by atoms with Gasteiger partial charge in [-0.05, 0) is 51.9 Å². The van der Waals surface area contributed by atoms with Gasteiger partial charge in [-0.25, -0.2) is 0 Å². The molecule has 7 nitrogen and oxygen atoms in total. The Labute approximate surface area is 164 Å². The highest BCUT2D eigenvalue weighted by molar-refractivity contribution is 9.10. The van der Waals surface area contributed by atoms with Crippen molar-refractivity contribution < 1.29 is 17.4 Å². The van der Waals surface area contributed by atoms with Crippen LogP contribution in [0.4, 0.5) is 0 Å². The van der Waals surface area contributed by atoms with Crippen molar-refractivity contribution in [2.24, 2.45) is 0 Å². The van der Waals surface area contributed by atoms with Gasteiger partial charge in [0.05, 0.1) is 6.26 Å². The Morgan fingerprint density at radius 2 is 1.88 bits per heavy atom. The number of nitrogens with one attached hydrogen (secondary N) is 1. The Morgan fingerprint density at radius 3 is 2.38 bits per heavy atom. The number of halogens is 1. The number of thiocarbonyl (C=S) groups is 1. The maximum absolute atomic E-state index is 13.1. The van der Waals surface area contributed by atoms with Crippen LogP contribution in [0.15, 0.2) is 47.2 Å². The first-order chi connectivity index (χ1) is 12.1. The monoisotopic (exact) mass is 455 g/mol. The highest BCUT2D eigenvalue weighted by Crippen LogP contribution is 2.37. The third kappa shape index (κ3) is 3.31. The second-order valence-corrected chi connectivity index (χ2v) is 8.63. The van der Waals surface area contributed by atoms with Crippen LogP contribution in [0.1, 0.15) is 11.1 Å². The summed E-state index contributed by atoms with van der Waals surface area (Å²) in [4.78, 5) is 18.6. The predicted octanol–water partition coefficient (Wildman–Crippen LogP) is 1.77. The van der Waals surface area contributed by atoms with E-state index in [0.717, 1.165) is 6.26 Å². The van der Waals surface area contributed by atoms with Gasteiger partial charge in [0.2, 0.25) is 0 Å². The fraction of sp³-hybridized carbons (Fsp3) is 0.188. The molecular formula is C16H14BrN3O4S2. The molecule has 1 saturated heterocycles. The zero-order valence-electron chi connectivity index (χ0n) is 13.8. The van der Waals surface area contributed by atoms with Crippen LogP contribution in [0.5, 0.6) is 5.75 Å². The van der Waals surface area contributed by atoms with Gasteiger partial charge < -0.3 is 9.50 Å². The summed E-state index contributed by atoms with van der Waals surface area (Å²) in [5.74, 6) is -0.112. The lowest BCUT2D eigenvalue weighted by Crippen LogP contribution is -2.45. The first kappa shape index (κ1) is 18.7. The van der Waals surface area contributed by atoms with E-state index in [9.17, 15) is 13.2 Å². The van der Waals surface area contributed by atoms with Gasteiger partial charge in [0.15, 0.2) is 10.7 Å². The highest BCUT2D eigenvalue weighted by atomic mass is 79.9. The molecule has 10 heteroatoms. The summed E-state index contributed by atoms with van der Waals surface area (Å²) in [6.07, 6.45) is 4.16. The number of amides is 1. The zero-order valence-corrected chi connectivity index (χ0v) is 17.0. The molecule has 2 aromatic rings. The van der Waals surface area contributed by atoms with Gasteiger partial charge in [-0.3, -0.25) is 14.7 Å². The third-order valence-corrected chi connectivity index (χ3v) is 5.20. The van der Waals surface area contributed by atoms with Crippen molar-refractivity contribution in [1.29, 1.82) is 0 Å². The van der Waals surface area contributed by atoms with Gasteiger partial charge in [-0.1, -0.05) is 12.1 Å². The van der Waals surface area contributed by atoms with Gasteiger partial charge in [0, 0.05) is 29.5 Å². The SMILES string of the molecule is CN1C(=O)C(c2ccc(OS(C)(=O)=O)cc2)(c2cncc(Br)c2)NC1=S. The fourth-order valence-corrected chi connectivity index (χ4v) is 3.81. The van der Waals surface area contributed by atoms with Crippen molar-refractivity contribution in [2.75, 3.05) is 13.3 Å². The standard InChI is InChI=1S/C16H14BrN3O4S2/c1-20-14(21)16(19-15(20)25,11-7-12(17)9-18-8-11)10-3-5-13(6-4-10)24-26(2,22)23/h3-9H,1-2H3,(H,19,25). The second-order valence-electron chi connectivity index (χ2n) is 5.75. The number of aromatic nitrogens is 1. The lowest BCUT2D eigenvalue weighted by molar-refractivity contribution is -0.129. The van der Waals surface area contributed by atoms with E-state index >= 15 is 0 Å². The van der Waals surface area contributed by atoms with E-state index in [4.69, 9.17) is 16.4 Å². The summed E-state index contributed by atoms with van der Waals surface area (Å²) >= 11 is 8.62. The minimum atomic E-state index is -3.64. The Hall–Kier alpha value is -2.04. The van der Waals surface area contributed by atoms with Crippen LogP contribution in [-0.4, -0.2) is 42.6 Å². The molecule has 0 spiro atoms. The van der Waals surface area contributed by atoms with Crippen molar-refractivity contribution in [3.8, 4) is 5.75 Å². The van der Waals surface area contributed by atoms with Gasteiger partial charge in [0.1, 0.15) is 5.75 Å². The summed E-state index contributed by atoms with van der Waals surface area (Å²) < 4.78 is 28.1. The van der Waals surface area contributed by atoms with E-state index in [1.54, 1.807) is 37.6 Å². The van der Waals surface area contributed by atoms with Crippen molar-refractivity contribution in [3.05, 3.63) is 58.3 Å². The number of carbonyl (C=O) groups excluding carboxylic acids is 1. The Balaban J connectivity index is 2.14. The first-order valence-electron chi connectivity index (χ1n) is 7.35. The molecule has 26 heavy (non-hydrogen) atoms. The van der Waals surface area contributed by atoms with Gasteiger partial charge in [-0.15, -0.1) is 0 Å². The average Bonchev–Trinajstić information content (AvgIpc) is 2.79. The Bertz CT molecular complexity index is 995. The van der Waals surface area contributed by atoms with Gasteiger partial charge in [-0.2, -0.15) is 8.42 Å². The maximum Gasteiger partial charge on any atom is 0.306 e. The Kier molecular flexibility index (Phi) is 4.76. The third-order valence-electron chi connectivity index (χ3n) is 3.90. The zero-order chi connectivity index (χ0) is 19.1. The van der Waals surface area contributed by atoms with Crippen LogP contribution in [0.25, 0.3) is 0 Å². The van der Waals surface area contributed by atoms with E-state index in [2.05, 4.69) is 26.2 Å². The smallest absolute Gasteiger partial charge is 0.306 e.